The van der Waals surface area contributed by atoms with Gasteiger partial charge in [-0.1, -0.05) is 0 Å². The molecule has 1 aliphatic heterocycles. The van der Waals surface area contributed by atoms with Gasteiger partial charge >= 0.3 is 39.4 Å². The fourth-order valence-corrected chi connectivity index (χ4v) is 6.81. The number of rotatable bonds is 6. The van der Waals surface area contributed by atoms with E-state index in [-0.39, 0.29) is 18.6 Å². The second kappa shape index (κ2) is 8.20. The summed E-state index contributed by atoms with van der Waals surface area (Å²) in [6.07, 6.45) is -6.77. The number of hydrogen-bond acceptors (Lipinski definition) is 8. The Bertz CT molecular complexity index is 801. The molecule has 1 aliphatic carbocycles. The largest absolute Gasteiger partial charge is 0.465 e. The Morgan fingerprint density at radius 1 is 1.10 bits per heavy atom. The van der Waals surface area contributed by atoms with Crippen LogP contribution >= 0.6 is 23.5 Å². The number of alkyl halides is 7. The molecular weight excluding hydrogens is 497 g/mol. The highest BCUT2D eigenvalue weighted by atomic mass is 32.2. The Morgan fingerprint density at radius 2 is 1.70 bits per heavy atom. The zero-order valence-corrected chi connectivity index (χ0v) is 16.9. The van der Waals surface area contributed by atoms with Gasteiger partial charge in [0.1, 0.15) is 12.7 Å². The Labute approximate surface area is 173 Å². The first-order valence-electron chi connectivity index (χ1n) is 7.93. The molecule has 2 aliphatic rings. The van der Waals surface area contributed by atoms with Crippen LogP contribution in [0, 0.1) is 0 Å². The molecule has 1 N–H and O–H groups in total. The molecule has 0 aromatic heterocycles. The van der Waals surface area contributed by atoms with Crippen LogP contribution in [-0.4, -0.2) is 70.1 Å². The standard InChI is InChI=1S/C13H13F7O7S3/c14-11(15,13(18,19)20)8(21)26-4-6-5-28-10(29-6)3-1-2-7(10)27-9(22)12(16,17)30(23,24)25/h6-7H,1-5H2,(H,23,24,25). The van der Waals surface area contributed by atoms with E-state index in [9.17, 15) is 48.7 Å². The van der Waals surface area contributed by atoms with Crippen molar-refractivity contribution in [3.63, 3.8) is 0 Å². The minimum absolute atomic E-state index is 0.0337. The molecule has 3 unspecified atom stereocenters. The zero-order chi connectivity index (χ0) is 23.2. The van der Waals surface area contributed by atoms with Crippen LogP contribution in [0.3, 0.4) is 0 Å². The Balaban J connectivity index is 2.00. The number of esters is 2. The maximum absolute atomic E-state index is 13.4. The Morgan fingerprint density at radius 3 is 2.23 bits per heavy atom. The maximum Gasteiger partial charge on any atom is 0.465 e. The second-order valence-corrected chi connectivity index (χ2v) is 11.0. The van der Waals surface area contributed by atoms with Gasteiger partial charge in [0.15, 0.2) is 0 Å². The molecule has 17 heteroatoms. The van der Waals surface area contributed by atoms with Crippen molar-refractivity contribution in [3.05, 3.63) is 0 Å². The second-order valence-electron chi connectivity index (χ2n) is 6.31. The smallest absolute Gasteiger partial charge is 0.460 e. The average molecular weight is 510 g/mol. The summed E-state index contributed by atoms with van der Waals surface area (Å²) in [7, 11) is -6.08. The van der Waals surface area contributed by atoms with Gasteiger partial charge in [0.05, 0.1) is 4.08 Å². The van der Waals surface area contributed by atoms with E-state index in [1.165, 1.54) is 0 Å². The number of carbonyl (C=O) groups excluding carboxylic acids is 2. The minimum atomic E-state index is -6.13. The van der Waals surface area contributed by atoms with Gasteiger partial charge in [0.25, 0.3) is 0 Å². The topological polar surface area (TPSA) is 107 Å². The summed E-state index contributed by atoms with van der Waals surface area (Å²) in [4.78, 5) is 22.6. The molecule has 7 nitrogen and oxygen atoms in total. The molecule has 0 amide bonds. The number of thioether (sulfide) groups is 2. The fourth-order valence-electron chi connectivity index (χ4n) is 2.71. The molecule has 3 atom stereocenters. The van der Waals surface area contributed by atoms with Crippen molar-refractivity contribution in [3.8, 4) is 0 Å². The third-order valence-electron chi connectivity index (χ3n) is 4.19. The van der Waals surface area contributed by atoms with Gasteiger partial charge < -0.3 is 9.47 Å². The quantitative estimate of drug-likeness (QED) is 0.328. The van der Waals surface area contributed by atoms with E-state index in [1.807, 2.05) is 0 Å². The van der Waals surface area contributed by atoms with Crippen molar-refractivity contribution in [2.45, 2.75) is 52.0 Å². The Kier molecular flexibility index (Phi) is 6.92. The summed E-state index contributed by atoms with van der Waals surface area (Å²) in [5.74, 6) is -11.0. The lowest BCUT2D eigenvalue weighted by Gasteiger charge is -2.30. The number of carbonyl (C=O) groups is 2. The molecule has 0 radical (unpaired) electrons. The molecule has 0 bridgehead atoms. The number of hydrogen-bond donors (Lipinski definition) is 1. The van der Waals surface area contributed by atoms with E-state index in [0.717, 1.165) is 23.5 Å². The van der Waals surface area contributed by atoms with E-state index in [1.54, 1.807) is 0 Å². The lowest BCUT2D eigenvalue weighted by Crippen LogP contribution is -2.45. The van der Waals surface area contributed by atoms with Crippen LogP contribution < -0.4 is 0 Å². The van der Waals surface area contributed by atoms with Crippen LogP contribution in [0.15, 0.2) is 0 Å². The molecular formula is C13H13F7O7S3. The lowest BCUT2D eigenvalue weighted by atomic mass is 10.3. The van der Waals surface area contributed by atoms with Gasteiger partial charge in [0, 0.05) is 11.0 Å². The van der Waals surface area contributed by atoms with Crippen molar-refractivity contribution < 1.29 is 62.8 Å². The summed E-state index contributed by atoms with van der Waals surface area (Å²) in [6.45, 7) is -0.842. The van der Waals surface area contributed by atoms with E-state index in [2.05, 4.69) is 9.47 Å². The van der Waals surface area contributed by atoms with E-state index >= 15 is 0 Å². The van der Waals surface area contributed by atoms with Crippen molar-refractivity contribution in [1.29, 1.82) is 0 Å². The van der Waals surface area contributed by atoms with Gasteiger partial charge in [-0.3, -0.25) is 4.55 Å². The highest BCUT2D eigenvalue weighted by molar-refractivity contribution is 8.21. The summed E-state index contributed by atoms with van der Waals surface area (Å²) in [6, 6.07) is 0. The summed E-state index contributed by atoms with van der Waals surface area (Å²) in [5.41, 5.74) is 0. The average Bonchev–Trinajstić information content (AvgIpc) is 3.18. The third-order valence-corrected chi connectivity index (χ3v) is 8.88. The van der Waals surface area contributed by atoms with Crippen molar-refractivity contribution in [1.82, 2.24) is 0 Å². The first-order chi connectivity index (χ1) is 13.4. The maximum atomic E-state index is 13.4. The number of halogens is 7. The molecule has 2 rings (SSSR count). The van der Waals surface area contributed by atoms with Crippen LogP contribution in [0.1, 0.15) is 19.3 Å². The van der Waals surface area contributed by atoms with Gasteiger partial charge in [0.2, 0.25) is 0 Å². The van der Waals surface area contributed by atoms with Crippen LogP contribution in [0.25, 0.3) is 0 Å². The van der Waals surface area contributed by atoms with Gasteiger partial charge in [-0.05, 0) is 19.3 Å². The molecule has 30 heavy (non-hydrogen) atoms. The predicted octanol–water partition coefficient (Wildman–Crippen LogP) is 2.85. The highest BCUT2D eigenvalue weighted by Gasteiger charge is 2.65. The zero-order valence-electron chi connectivity index (χ0n) is 14.5. The van der Waals surface area contributed by atoms with E-state index < -0.39 is 61.4 Å². The van der Waals surface area contributed by atoms with Crippen LogP contribution in [-0.2, 0) is 29.2 Å². The van der Waals surface area contributed by atoms with Gasteiger partial charge in [-0.2, -0.15) is 39.2 Å². The third kappa shape index (κ3) is 4.77. The molecule has 1 saturated carbocycles. The number of ether oxygens (including phenoxy) is 2. The van der Waals surface area contributed by atoms with Gasteiger partial charge in [-0.15, -0.1) is 23.5 Å². The Hall–Kier alpha value is -0.940. The van der Waals surface area contributed by atoms with E-state index in [4.69, 9.17) is 4.55 Å². The van der Waals surface area contributed by atoms with Gasteiger partial charge in [-0.25, -0.2) is 9.59 Å². The van der Waals surface area contributed by atoms with Crippen LogP contribution in [0.2, 0.25) is 0 Å². The summed E-state index contributed by atoms with van der Waals surface area (Å²) < 4.78 is 126. The van der Waals surface area contributed by atoms with E-state index in [0.29, 0.717) is 6.42 Å². The molecule has 174 valence electrons. The molecule has 0 aromatic rings. The first kappa shape index (κ1) is 25.3. The molecule has 1 saturated heterocycles. The lowest BCUT2D eigenvalue weighted by molar-refractivity contribution is -0.280. The minimum Gasteiger partial charge on any atom is -0.460 e. The summed E-state index contributed by atoms with van der Waals surface area (Å²) >= 11 is 1.90. The predicted molar refractivity (Wildman–Crippen MR) is 88.8 cm³/mol. The van der Waals surface area contributed by atoms with Crippen LogP contribution in [0.5, 0.6) is 0 Å². The summed E-state index contributed by atoms with van der Waals surface area (Å²) in [5, 5.41) is -6.02. The molecule has 2 fully saturated rings. The molecule has 1 heterocycles. The fraction of sp³-hybridized carbons (Fsp3) is 0.846. The SMILES string of the molecule is O=C(OCC1CSC2(CCCC2OC(=O)C(F)(F)S(=O)(=O)O)S1)C(F)(F)C(F)(F)F. The highest BCUT2D eigenvalue weighted by Crippen LogP contribution is 2.58. The van der Waals surface area contributed by atoms with Crippen molar-refractivity contribution in [2.75, 3.05) is 12.4 Å². The van der Waals surface area contributed by atoms with Crippen molar-refractivity contribution >= 4 is 45.6 Å². The van der Waals surface area contributed by atoms with Crippen molar-refractivity contribution in [2.24, 2.45) is 0 Å². The molecule has 1 spiro atoms. The monoisotopic (exact) mass is 510 g/mol. The van der Waals surface area contributed by atoms with Crippen LogP contribution in [0.4, 0.5) is 30.7 Å². The normalized spacial score (nSPS) is 28.0. The molecule has 0 aromatic carbocycles. The first-order valence-corrected chi connectivity index (χ1v) is 11.2.